The molecule has 3 aromatic carbocycles. The van der Waals surface area contributed by atoms with Crippen LogP contribution in [0.2, 0.25) is 0 Å². The molecule has 124 valence electrons. The molecule has 0 unspecified atom stereocenters. The lowest BCUT2D eigenvalue weighted by Crippen LogP contribution is -2.13. The monoisotopic (exact) mass is 403 g/mol. The molecule has 0 atom stereocenters. The Hall–Kier alpha value is -1.85. The SMILES string of the molecule is CC(C)c1ccc(NS(=O)(=O)c2ccc3ccccc3c2)c(Br)c1. The molecule has 0 saturated heterocycles. The Morgan fingerprint density at radius 1 is 0.917 bits per heavy atom. The van der Waals surface area contributed by atoms with Crippen molar-refractivity contribution in [3.63, 3.8) is 0 Å². The highest BCUT2D eigenvalue weighted by atomic mass is 79.9. The van der Waals surface area contributed by atoms with Gasteiger partial charge in [-0.25, -0.2) is 8.42 Å². The van der Waals surface area contributed by atoms with Crippen molar-refractivity contribution in [1.82, 2.24) is 0 Å². The minimum atomic E-state index is -3.64. The number of hydrogen-bond donors (Lipinski definition) is 1. The summed E-state index contributed by atoms with van der Waals surface area (Å²) in [5, 5.41) is 1.91. The summed E-state index contributed by atoms with van der Waals surface area (Å²) in [5.41, 5.74) is 1.68. The van der Waals surface area contributed by atoms with E-state index in [1.807, 2.05) is 42.5 Å². The average Bonchev–Trinajstić information content (AvgIpc) is 2.56. The molecule has 24 heavy (non-hydrogen) atoms. The molecule has 0 saturated carbocycles. The van der Waals surface area contributed by atoms with Gasteiger partial charge in [0.25, 0.3) is 10.0 Å². The molecular weight excluding hydrogens is 386 g/mol. The maximum absolute atomic E-state index is 12.7. The zero-order chi connectivity index (χ0) is 17.3. The zero-order valence-electron chi connectivity index (χ0n) is 13.5. The first-order chi connectivity index (χ1) is 11.4. The van der Waals surface area contributed by atoms with E-state index in [1.54, 1.807) is 18.2 Å². The minimum Gasteiger partial charge on any atom is -0.278 e. The Kier molecular flexibility index (Phi) is 4.65. The molecule has 3 aromatic rings. The van der Waals surface area contributed by atoms with Crippen LogP contribution in [0.5, 0.6) is 0 Å². The van der Waals surface area contributed by atoms with Crippen molar-refractivity contribution in [2.75, 3.05) is 4.72 Å². The second kappa shape index (κ2) is 6.57. The molecule has 5 heteroatoms. The lowest BCUT2D eigenvalue weighted by molar-refractivity contribution is 0.601. The van der Waals surface area contributed by atoms with Crippen LogP contribution >= 0.6 is 15.9 Å². The van der Waals surface area contributed by atoms with Crippen molar-refractivity contribution < 1.29 is 8.42 Å². The summed E-state index contributed by atoms with van der Waals surface area (Å²) in [6, 6.07) is 18.5. The zero-order valence-corrected chi connectivity index (χ0v) is 15.9. The van der Waals surface area contributed by atoms with Gasteiger partial charge in [-0.2, -0.15) is 0 Å². The Morgan fingerprint density at radius 3 is 2.29 bits per heavy atom. The van der Waals surface area contributed by atoms with Crippen molar-refractivity contribution in [3.05, 3.63) is 70.7 Å². The second-order valence-corrected chi connectivity index (χ2v) is 8.55. The molecule has 0 amide bonds. The van der Waals surface area contributed by atoms with Crippen molar-refractivity contribution >= 4 is 42.4 Å². The summed E-state index contributed by atoms with van der Waals surface area (Å²) < 4.78 is 28.8. The lowest BCUT2D eigenvalue weighted by Gasteiger charge is -2.13. The molecule has 3 nitrogen and oxygen atoms in total. The number of fused-ring (bicyclic) bond motifs is 1. The highest BCUT2D eigenvalue weighted by molar-refractivity contribution is 9.10. The van der Waals surface area contributed by atoms with Gasteiger partial charge in [-0.1, -0.05) is 50.2 Å². The summed E-state index contributed by atoms with van der Waals surface area (Å²) in [7, 11) is -3.64. The van der Waals surface area contributed by atoms with Crippen LogP contribution in [0, 0.1) is 0 Å². The molecule has 0 radical (unpaired) electrons. The van der Waals surface area contributed by atoms with Gasteiger partial charge in [-0.15, -0.1) is 0 Å². The number of nitrogens with one attached hydrogen (secondary N) is 1. The molecule has 0 aliphatic heterocycles. The number of hydrogen-bond acceptors (Lipinski definition) is 2. The first-order valence-corrected chi connectivity index (χ1v) is 9.95. The maximum Gasteiger partial charge on any atom is 0.261 e. The highest BCUT2D eigenvalue weighted by Gasteiger charge is 2.16. The van der Waals surface area contributed by atoms with E-state index in [0.29, 0.717) is 11.6 Å². The van der Waals surface area contributed by atoms with Crippen molar-refractivity contribution in [1.29, 1.82) is 0 Å². The Labute approximate surface area is 150 Å². The van der Waals surface area contributed by atoms with Crippen LogP contribution in [0.3, 0.4) is 0 Å². The molecule has 0 fully saturated rings. The van der Waals surface area contributed by atoms with Gasteiger partial charge in [0, 0.05) is 4.47 Å². The van der Waals surface area contributed by atoms with Crippen LogP contribution in [0.15, 0.2) is 70.0 Å². The van der Waals surface area contributed by atoms with Gasteiger partial charge in [0.1, 0.15) is 0 Å². The molecule has 0 spiro atoms. The average molecular weight is 404 g/mol. The normalized spacial score (nSPS) is 11.8. The summed E-state index contributed by atoms with van der Waals surface area (Å²) >= 11 is 3.45. The van der Waals surface area contributed by atoms with Crippen LogP contribution in [-0.2, 0) is 10.0 Å². The summed E-state index contributed by atoms with van der Waals surface area (Å²) in [5.74, 6) is 0.382. The third kappa shape index (κ3) is 3.47. The van der Waals surface area contributed by atoms with Gasteiger partial charge in [-0.05, 0) is 62.4 Å². The predicted molar refractivity (Wildman–Crippen MR) is 103 cm³/mol. The number of sulfonamides is 1. The van der Waals surface area contributed by atoms with Crippen molar-refractivity contribution in [2.24, 2.45) is 0 Å². The highest BCUT2D eigenvalue weighted by Crippen LogP contribution is 2.29. The summed E-state index contributed by atoms with van der Waals surface area (Å²) in [6.45, 7) is 4.20. The van der Waals surface area contributed by atoms with E-state index in [2.05, 4.69) is 34.5 Å². The number of halogens is 1. The maximum atomic E-state index is 12.7. The van der Waals surface area contributed by atoms with Gasteiger partial charge >= 0.3 is 0 Å². The summed E-state index contributed by atoms with van der Waals surface area (Å²) in [6.07, 6.45) is 0. The molecule has 3 rings (SSSR count). The van der Waals surface area contributed by atoms with Gasteiger partial charge in [0.05, 0.1) is 10.6 Å². The van der Waals surface area contributed by atoms with E-state index in [9.17, 15) is 8.42 Å². The van der Waals surface area contributed by atoms with Crippen LogP contribution in [0.4, 0.5) is 5.69 Å². The number of rotatable bonds is 4. The van der Waals surface area contributed by atoms with Crippen LogP contribution in [-0.4, -0.2) is 8.42 Å². The lowest BCUT2D eigenvalue weighted by atomic mass is 10.0. The third-order valence-electron chi connectivity index (χ3n) is 3.94. The molecule has 0 aromatic heterocycles. The fourth-order valence-electron chi connectivity index (χ4n) is 2.51. The largest absolute Gasteiger partial charge is 0.278 e. The molecular formula is C19H18BrNO2S. The van der Waals surface area contributed by atoms with Crippen LogP contribution in [0.1, 0.15) is 25.3 Å². The molecule has 0 aliphatic carbocycles. The predicted octanol–water partition coefficient (Wildman–Crippen LogP) is 5.53. The van der Waals surface area contributed by atoms with E-state index < -0.39 is 10.0 Å². The fourth-order valence-corrected chi connectivity index (χ4v) is 4.25. The Balaban J connectivity index is 1.95. The third-order valence-corrected chi connectivity index (χ3v) is 5.95. The first-order valence-electron chi connectivity index (χ1n) is 7.68. The first kappa shape index (κ1) is 17.0. The fraction of sp³-hybridized carbons (Fsp3) is 0.158. The van der Waals surface area contributed by atoms with Gasteiger partial charge in [0.2, 0.25) is 0 Å². The molecule has 0 heterocycles. The number of benzene rings is 3. The number of anilines is 1. The molecule has 0 aliphatic rings. The van der Waals surface area contributed by atoms with E-state index >= 15 is 0 Å². The second-order valence-electron chi connectivity index (χ2n) is 6.01. The van der Waals surface area contributed by atoms with Crippen LogP contribution < -0.4 is 4.72 Å². The smallest absolute Gasteiger partial charge is 0.261 e. The summed E-state index contributed by atoms with van der Waals surface area (Å²) in [4.78, 5) is 0.251. The van der Waals surface area contributed by atoms with E-state index in [1.165, 1.54) is 0 Å². The topological polar surface area (TPSA) is 46.2 Å². The molecule has 1 N–H and O–H groups in total. The van der Waals surface area contributed by atoms with E-state index in [-0.39, 0.29) is 4.90 Å². The van der Waals surface area contributed by atoms with Crippen molar-refractivity contribution in [2.45, 2.75) is 24.7 Å². The molecule has 0 bridgehead atoms. The van der Waals surface area contributed by atoms with Gasteiger partial charge in [0.15, 0.2) is 0 Å². The minimum absolute atomic E-state index is 0.251. The standard InChI is InChI=1S/C19H18BrNO2S/c1-13(2)15-8-10-19(18(20)12-15)21-24(22,23)17-9-7-14-5-3-4-6-16(14)11-17/h3-13,21H,1-2H3. The van der Waals surface area contributed by atoms with Crippen molar-refractivity contribution in [3.8, 4) is 0 Å². The Bertz CT molecular complexity index is 997. The quantitative estimate of drug-likeness (QED) is 0.622. The van der Waals surface area contributed by atoms with E-state index in [0.717, 1.165) is 20.8 Å². The van der Waals surface area contributed by atoms with Gasteiger partial charge < -0.3 is 0 Å². The van der Waals surface area contributed by atoms with Gasteiger partial charge in [-0.3, -0.25) is 4.72 Å². The Morgan fingerprint density at radius 2 is 1.62 bits per heavy atom. The van der Waals surface area contributed by atoms with E-state index in [4.69, 9.17) is 0 Å². The van der Waals surface area contributed by atoms with Crippen LogP contribution in [0.25, 0.3) is 10.8 Å².